The molecule has 0 aliphatic rings. The second kappa shape index (κ2) is 3.71. The molecule has 0 spiro atoms. The molecule has 0 aromatic carbocycles. The van der Waals surface area contributed by atoms with Crippen LogP contribution in [-0.4, -0.2) is 20.6 Å². The highest BCUT2D eigenvalue weighted by Gasteiger charge is 2.03. The van der Waals surface area contributed by atoms with Gasteiger partial charge in [-0.2, -0.15) is 0 Å². The Hall–Kier alpha value is -1.58. The van der Waals surface area contributed by atoms with Crippen molar-refractivity contribution >= 4 is 12.2 Å². The van der Waals surface area contributed by atoms with E-state index in [4.69, 9.17) is 5.11 Å². The molecule has 1 aromatic heterocycles. The van der Waals surface area contributed by atoms with Crippen LogP contribution in [-0.2, 0) is 4.79 Å². The molecule has 0 atom stereocenters. The summed E-state index contributed by atoms with van der Waals surface area (Å²) in [7, 11) is 0. The lowest BCUT2D eigenvalue weighted by atomic mass is 10.2. The van der Waals surface area contributed by atoms with Gasteiger partial charge in [0.05, 0.1) is 11.9 Å². The molecule has 4 nitrogen and oxygen atoms in total. The Bertz CT molecular complexity index is 288. The minimum atomic E-state index is -0.883. The number of carboxylic acids is 1. The van der Waals surface area contributed by atoms with Gasteiger partial charge >= 0.3 is 5.97 Å². The fourth-order valence-electron chi connectivity index (χ4n) is 0.823. The fourth-order valence-corrected chi connectivity index (χ4v) is 0.823. The Balaban J connectivity index is 2.85. The molecular weight excluding hydrogens is 156 g/mol. The zero-order chi connectivity index (χ0) is 8.97. The third kappa shape index (κ3) is 1.95. The first-order chi connectivity index (χ1) is 5.74. The van der Waals surface area contributed by atoms with Gasteiger partial charge in [-0.05, 0) is 6.42 Å². The van der Waals surface area contributed by atoms with Crippen LogP contribution >= 0.6 is 0 Å². The van der Waals surface area contributed by atoms with Crippen LogP contribution in [0, 0.1) is 0 Å². The predicted octanol–water partition coefficient (Wildman–Crippen LogP) is 1.22. The smallest absolute Gasteiger partial charge is 0.333 e. The third-order valence-corrected chi connectivity index (χ3v) is 1.49. The van der Waals surface area contributed by atoms with E-state index in [0.29, 0.717) is 12.0 Å². The first-order valence-electron chi connectivity index (χ1n) is 3.65. The second-order valence-electron chi connectivity index (χ2n) is 2.32. The Morgan fingerprint density at radius 2 is 2.50 bits per heavy atom. The quantitative estimate of drug-likeness (QED) is 0.687. The molecule has 4 heteroatoms. The van der Waals surface area contributed by atoms with Gasteiger partial charge in [0.15, 0.2) is 0 Å². The van der Waals surface area contributed by atoms with Gasteiger partial charge < -0.3 is 9.67 Å². The molecule has 1 heterocycles. The van der Waals surface area contributed by atoms with Crippen molar-refractivity contribution < 1.29 is 9.90 Å². The van der Waals surface area contributed by atoms with Crippen molar-refractivity contribution in [1.82, 2.24) is 9.55 Å². The van der Waals surface area contributed by atoms with E-state index in [0.717, 1.165) is 0 Å². The molecule has 0 fully saturated rings. The van der Waals surface area contributed by atoms with Gasteiger partial charge in [0.1, 0.15) is 0 Å². The van der Waals surface area contributed by atoms with Crippen LogP contribution in [0.2, 0.25) is 0 Å². The van der Waals surface area contributed by atoms with Gasteiger partial charge in [-0.3, -0.25) is 0 Å². The zero-order valence-electron chi connectivity index (χ0n) is 6.77. The van der Waals surface area contributed by atoms with Gasteiger partial charge in [0.25, 0.3) is 0 Å². The predicted molar refractivity (Wildman–Crippen MR) is 44.4 cm³/mol. The van der Waals surface area contributed by atoms with Gasteiger partial charge in [-0.25, -0.2) is 9.78 Å². The number of carbonyl (C=O) groups is 1. The van der Waals surface area contributed by atoms with Crippen molar-refractivity contribution in [3.8, 4) is 0 Å². The number of hydrogen-bond acceptors (Lipinski definition) is 2. The zero-order valence-corrected chi connectivity index (χ0v) is 6.77. The largest absolute Gasteiger partial charge is 0.478 e. The highest BCUT2D eigenvalue weighted by Crippen LogP contribution is 2.02. The molecule has 0 saturated carbocycles. The first kappa shape index (κ1) is 8.52. The lowest BCUT2D eigenvalue weighted by Crippen LogP contribution is -2.00. The maximum Gasteiger partial charge on any atom is 0.333 e. The van der Waals surface area contributed by atoms with E-state index < -0.39 is 5.97 Å². The molecule has 0 aliphatic heterocycles. The summed E-state index contributed by atoms with van der Waals surface area (Å²) in [5.41, 5.74) is 0.369. The van der Waals surface area contributed by atoms with E-state index >= 15 is 0 Å². The monoisotopic (exact) mass is 166 g/mol. The summed E-state index contributed by atoms with van der Waals surface area (Å²) in [6.45, 7) is 1.80. The molecule has 1 N–H and O–H groups in total. The minimum Gasteiger partial charge on any atom is -0.478 e. The SMILES string of the molecule is CCC(=Cn1ccnc1)C(=O)O. The molecule has 0 bridgehead atoms. The summed E-state index contributed by atoms with van der Waals surface area (Å²) in [6, 6.07) is 0. The molecule has 0 unspecified atom stereocenters. The summed E-state index contributed by atoms with van der Waals surface area (Å²) >= 11 is 0. The summed E-state index contributed by atoms with van der Waals surface area (Å²) in [4.78, 5) is 14.3. The van der Waals surface area contributed by atoms with E-state index in [1.807, 2.05) is 0 Å². The molecule has 64 valence electrons. The summed E-state index contributed by atoms with van der Waals surface area (Å²) < 4.78 is 1.62. The summed E-state index contributed by atoms with van der Waals surface area (Å²) in [5.74, 6) is -0.883. The second-order valence-corrected chi connectivity index (χ2v) is 2.32. The van der Waals surface area contributed by atoms with Crippen LogP contribution < -0.4 is 0 Å². The molecule has 12 heavy (non-hydrogen) atoms. The Morgan fingerprint density at radius 3 is 2.92 bits per heavy atom. The average Bonchev–Trinajstić information content (AvgIpc) is 2.51. The minimum absolute atomic E-state index is 0.369. The Morgan fingerprint density at radius 1 is 1.75 bits per heavy atom. The average molecular weight is 166 g/mol. The van der Waals surface area contributed by atoms with E-state index in [9.17, 15) is 4.79 Å². The van der Waals surface area contributed by atoms with Gasteiger partial charge in [0, 0.05) is 18.6 Å². The number of nitrogens with zero attached hydrogens (tertiary/aromatic N) is 2. The van der Waals surface area contributed by atoms with E-state index in [1.165, 1.54) is 0 Å². The molecule has 0 aliphatic carbocycles. The highest BCUT2D eigenvalue weighted by molar-refractivity contribution is 5.89. The van der Waals surface area contributed by atoms with Crippen molar-refractivity contribution in [1.29, 1.82) is 0 Å². The molecule has 0 amide bonds. The van der Waals surface area contributed by atoms with Crippen molar-refractivity contribution in [3.05, 3.63) is 24.3 Å². The highest BCUT2D eigenvalue weighted by atomic mass is 16.4. The lowest BCUT2D eigenvalue weighted by molar-refractivity contribution is -0.132. The lowest BCUT2D eigenvalue weighted by Gasteiger charge is -1.97. The Labute approximate surface area is 70.2 Å². The number of aliphatic carboxylic acids is 1. The fraction of sp³-hybridized carbons (Fsp3) is 0.250. The van der Waals surface area contributed by atoms with Gasteiger partial charge in [-0.1, -0.05) is 6.92 Å². The maximum absolute atomic E-state index is 10.6. The number of imidazole rings is 1. The van der Waals surface area contributed by atoms with Gasteiger partial charge in [-0.15, -0.1) is 0 Å². The molecular formula is C8H10N2O2. The standard InChI is InChI=1S/C8H10N2O2/c1-2-7(8(11)12)5-10-4-3-9-6-10/h3-6H,2H2,1H3,(H,11,12). The van der Waals surface area contributed by atoms with E-state index in [-0.39, 0.29) is 0 Å². The van der Waals surface area contributed by atoms with Crippen molar-refractivity contribution in [2.24, 2.45) is 0 Å². The van der Waals surface area contributed by atoms with Crippen LogP contribution in [0.4, 0.5) is 0 Å². The number of hydrogen-bond donors (Lipinski definition) is 1. The molecule has 1 aromatic rings. The van der Waals surface area contributed by atoms with Crippen LogP contribution in [0.1, 0.15) is 13.3 Å². The van der Waals surface area contributed by atoms with Crippen LogP contribution in [0.15, 0.2) is 24.3 Å². The van der Waals surface area contributed by atoms with Crippen LogP contribution in [0.5, 0.6) is 0 Å². The van der Waals surface area contributed by atoms with E-state index in [1.54, 1.807) is 36.4 Å². The topological polar surface area (TPSA) is 55.1 Å². The first-order valence-corrected chi connectivity index (χ1v) is 3.65. The maximum atomic E-state index is 10.6. The van der Waals surface area contributed by atoms with Gasteiger partial charge in [0.2, 0.25) is 0 Å². The van der Waals surface area contributed by atoms with Crippen LogP contribution in [0.25, 0.3) is 6.20 Å². The number of carboxylic acid groups (broad SMARTS) is 1. The molecule has 1 rings (SSSR count). The number of rotatable bonds is 3. The van der Waals surface area contributed by atoms with Crippen molar-refractivity contribution in [2.45, 2.75) is 13.3 Å². The van der Waals surface area contributed by atoms with Crippen LogP contribution in [0.3, 0.4) is 0 Å². The van der Waals surface area contributed by atoms with E-state index in [2.05, 4.69) is 4.98 Å². The Kier molecular flexibility index (Phi) is 2.63. The molecule has 0 saturated heterocycles. The summed E-state index contributed by atoms with van der Waals surface area (Å²) in [5, 5.41) is 8.67. The molecule has 0 radical (unpaired) electrons. The third-order valence-electron chi connectivity index (χ3n) is 1.49. The normalized spacial score (nSPS) is 11.6. The van der Waals surface area contributed by atoms with Crippen molar-refractivity contribution in [3.63, 3.8) is 0 Å². The summed E-state index contributed by atoms with van der Waals surface area (Å²) in [6.07, 6.45) is 6.91. The van der Waals surface area contributed by atoms with Crippen molar-refractivity contribution in [2.75, 3.05) is 0 Å². The number of aromatic nitrogens is 2.